The number of nitrogens with zero attached hydrogens (tertiary/aromatic N) is 1. The molecule has 0 aromatic carbocycles. The highest BCUT2D eigenvalue weighted by Crippen LogP contribution is 2.08. The molecule has 0 atom stereocenters. The molecule has 0 radical (unpaired) electrons. The minimum absolute atomic E-state index is 0. The summed E-state index contributed by atoms with van der Waals surface area (Å²) in [5, 5.41) is 8.59. The van der Waals surface area contributed by atoms with Crippen molar-refractivity contribution in [2.75, 3.05) is 19.3 Å². The summed E-state index contributed by atoms with van der Waals surface area (Å²) in [5.41, 5.74) is 0. The third-order valence-corrected chi connectivity index (χ3v) is 3.19. The van der Waals surface area contributed by atoms with Crippen molar-refractivity contribution in [2.24, 2.45) is 0 Å². The van der Waals surface area contributed by atoms with Gasteiger partial charge in [-0.15, -0.1) is 24.0 Å². The van der Waals surface area contributed by atoms with E-state index in [1.54, 1.807) is 11.8 Å². The Hall–Kier alpha value is 0.550. The van der Waals surface area contributed by atoms with E-state index in [0.717, 1.165) is 18.3 Å². The molecule has 98 valence electrons. The summed E-state index contributed by atoms with van der Waals surface area (Å²) in [6.45, 7) is 6.58. The minimum atomic E-state index is 0. The van der Waals surface area contributed by atoms with E-state index >= 15 is 0 Å². The molecule has 0 spiro atoms. The summed E-state index contributed by atoms with van der Waals surface area (Å²) in [4.78, 5) is 2.23. The van der Waals surface area contributed by atoms with Crippen LogP contribution in [0.5, 0.6) is 0 Å². The van der Waals surface area contributed by atoms with Crippen LogP contribution < -0.4 is 0 Å². The molecular formula is C12H27IN2S. The molecule has 0 aromatic rings. The van der Waals surface area contributed by atoms with Gasteiger partial charge in [-0.05, 0) is 19.1 Å². The Labute approximate surface area is 122 Å². The predicted molar refractivity (Wildman–Crippen MR) is 87.3 cm³/mol. The second kappa shape index (κ2) is 13.6. The Kier molecular flexibility index (Phi) is 16.1. The topological polar surface area (TPSA) is 27.1 Å². The molecule has 0 saturated carbocycles. The molecule has 0 aromatic heterocycles. The van der Waals surface area contributed by atoms with Gasteiger partial charge in [0.05, 0.1) is 0 Å². The molecule has 16 heavy (non-hydrogen) atoms. The van der Waals surface area contributed by atoms with E-state index in [4.69, 9.17) is 5.41 Å². The third-order valence-electron chi connectivity index (χ3n) is 2.54. The average Bonchev–Trinajstić information content (AvgIpc) is 2.26. The fourth-order valence-electron chi connectivity index (χ4n) is 1.55. The number of halogens is 1. The molecule has 0 aliphatic heterocycles. The zero-order chi connectivity index (χ0) is 11.5. The maximum absolute atomic E-state index is 7.85. The first kappa shape index (κ1) is 18.9. The number of nitrogens with one attached hydrogen (secondary N) is 1. The van der Waals surface area contributed by atoms with Gasteiger partial charge in [0.2, 0.25) is 0 Å². The summed E-state index contributed by atoms with van der Waals surface area (Å²) < 4.78 is 0. The third kappa shape index (κ3) is 9.75. The van der Waals surface area contributed by atoms with Gasteiger partial charge < -0.3 is 4.90 Å². The molecule has 0 rings (SSSR count). The zero-order valence-electron chi connectivity index (χ0n) is 10.9. The number of unbranched alkanes of at least 4 members (excludes halogenated alkanes) is 4. The monoisotopic (exact) mass is 358 g/mol. The standard InChI is InChI=1S/C12H26N2S.HI/c1-4-6-8-10-14(12(13)15-3)11-9-7-5-2;/h13H,4-11H2,1-3H3;1H. The molecule has 0 heterocycles. The van der Waals surface area contributed by atoms with Gasteiger partial charge in [0, 0.05) is 13.1 Å². The number of hydrogen-bond donors (Lipinski definition) is 1. The van der Waals surface area contributed by atoms with Crippen LogP contribution in [0.2, 0.25) is 0 Å². The molecule has 1 N–H and O–H groups in total. The largest absolute Gasteiger partial charge is 0.352 e. The number of hydrogen-bond acceptors (Lipinski definition) is 2. The molecule has 0 aliphatic rings. The molecule has 0 bridgehead atoms. The number of amidine groups is 1. The van der Waals surface area contributed by atoms with Crippen molar-refractivity contribution in [3.63, 3.8) is 0 Å². The summed E-state index contributed by atoms with van der Waals surface area (Å²) in [6.07, 6.45) is 9.54. The van der Waals surface area contributed by atoms with E-state index in [1.807, 2.05) is 6.26 Å². The molecular weight excluding hydrogens is 331 g/mol. The summed E-state index contributed by atoms with van der Waals surface area (Å²) in [7, 11) is 0. The van der Waals surface area contributed by atoms with Crippen molar-refractivity contribution in [3.05, 3.63) is 0 Å². The van der Waals surface area contributed by atoms with Crippen molar-refractivity contribution in [3.8, 4) is 0 Å². The van der Waals surface area contributed by atoms with Crippen LogP contribution in [0.3, 0.4) is 0 Å². The van der Waals surface area contributed by atoms with Gasteiger partial charge in [-0.3, -0.25) is 5.41 Å². The normalized spacial score (nSPS) is 9.69. The van der Waals surface area contributed by atoms with Crippen LogP contribution in [-0.4, -0.2) is 29.4 Å². The average molecular weight is 358 g/mol. The lowest BCUT2D eigenvalue weighted by atomic mass is 10.2. The van der Waals surface area contributed by atoms with Gasteiger partial charge in [0.1, 0.15) is 0 Å². The van der Waals surface area contributed by atoms with Crippen molar-refractivity contribution in [1.29, 1.82) is 5.41 Å². The first-order valence-corrected chi connectivity index (χ1v) is 7.36. The van der Waals surface area contributed by atoms with Crippen LogP contribution in [-0.2, 0) is 0 Å². The lowest BCUT2D eigenvalue weighted by Gasteiger charge is -2.23. The number of rotatable bonds is 8. The van der Waals surface area contributed by atoms with Gasteiger partial charge in [-0.1, -0.05) is 51.3 Å². The Morgan fingerprint density at radius 3 is 1.75 bits per heavy atom. The van der Waals surface area contributed by atoms with Crippen LogP contribution in [0.4, 0.5) is 0 Å². The van der Waals surface area contributed by atoms with Gasteiger partial charge in [0.15, 0.2) is 5.17 Å². The Morgan fingerprint density at radius 1 is 1.00 bits per heavy atom. The van der Waals surface area contributed by atoms with Crippen molar-refractivity contribution in [1.82, 2.24) is 4.90 Å². The van der Waals surface area contributed by atoms with E-state index in [-0.39, 0.29) is 24.0 Å². The van der Waals surface area contributed by atoms with Crippen LogP contribution in [0, 0.1) is 5.41 Å². The fraction of sp³-hybridized carbons (Fsp3) is 0.917. The molecule has 0 amide bonds. The van der Waals surface area contributed by atoms with Crippen molar-refractivity contribution < 1.29 is 0 Å². The molecule has 0 unspecified atom stereocenters. The zero-order valence-corrected chi connectivity index (χ0v) is 14.1. The molecule has 0 saturated heterocycles. The van der Waals surface area contributed by atoms with Crippen LogP contribution in [0.15, 0.2) is 0 Å². The maximum Gasteiger partial charge on any atom is 0.156 e. The van der Waals surface area contributed by atoms with E-state index in [1.165, 1.54) is 38.5 Å². The SMILES string of the molecule is CCCCCN(CCCCC)C(=N)SC.I. The molecule has 2 nitrogen and oxygen atoms in total. The summed E-state index contributed by atoms with van der Waals surface area (Å²) in [6, 6.07) is 0. The molecule has 0 fully saturated rings. The highest BCUT2D eigenvalue weighted by atomic mass is 127. The first-order chi connectivity index (χ1) is 7.26. The quantitative estimate of drug-likeness (QED) is 0.298. The van der Waals surface area contributed by atoms with Gasteiger partial charge >= 0.3 is 0 Å². The maximum atomic E-state index is 7.85. The second-order valence-corrected chi connectivity index (χ2v) is 4.71. The van der Waals surface area contributed by atoms with E-state index in [9.17, 15) is 0 Å². The van der Waals surface area contributed by atoms with Crippen LogP contribution in [0.1, 0.15) is 52.4 Å². The smallest absolute Gasteiger partial charge is 0.156 e. The van der Waals surface area contributed by atoms with Gasteiger partial charge in [-0.2, -0.15) is 0 Å². The van der Waals surface area contributed by atoms with E-state index in [0.29, 0.717) is 0 Å². The van der Waals surface area contributed by atoms with Crippen LogP contribution >= 0.6 is 35.7 Å². The lowest BCUT2D eigenvalue weighted by molar-refractivity contribution is 0.395. The Morgan fingerprint density at radius 2 is 1.44 bits per heavy atom. The highest BCUT2D eigenvalue weighted by Gasteiger charge is 2.07. The van der Waals surface area contributed by atoms with Gasteiger partial charge in [0.25, 0.3) is 0 Å². The minimum Gasteiger partial charge on any atom is -0.352 e. The summed E-state index contributed by atoms with van der Waals surface area (Å²) in [5.74, 6) is 0. The van der Waals surface area contributed by atoms with Gasteiger partial charge in [-0.25, -0.2) is 0 Å². The number of thioether (sulfide) groups is 1. The Bertz CT molecular complexity index is 155. The van der Waals surface area contributed by atoms with Crippen molar-refractivity contribution >= 4 is 40.9 Å². The second-order valence-electron chi connectivity index (χ2n) is 3.91. The Balaban J connectivity index is 0. The molecule has 4 heteroatoms. The fourth-order valence-corrected chi connectivity index (χ4v) is 1.99. The predicted octanol–water partition coefficient (Wildman–Crippen LogP) is 4.58. The van der Waals surface area contributed by atoms with E-state index < -0.39 is 0 Å². The summed E-state index contributed by atoms with van der Waals surface area (Å²) >= 11 is 1.56. The molecule has 0 aliphatic carbocycles. The lowest BCUT2D eigenvalue weighted by Crippen LogP contribution is -2.30. The first-order valence-electron chi connectivity index (χ1n) is 6.13. The van der Waals surface area contributed by atoms with E-state index in [2.05, 4.69) is 18.7 Å². The van der Waals surface area contributed by atoms with Crippen molar-refractivity contribution in [2.45, 2.75) is 52.4 Å². The van der Waals surface area contributed by atoms with Crippen LogP contribution in [0.25, 0.3) is 0 Å². The highest BCUT2D eigenvalue weighted by molar-refractivity contribution is 14.0.